The highest BCUT2D eigenvalue weighted by atomic mass is 32.1. The number of benzene rings is 2. The monoisotopic (exact) mass is 396 g/mol. The van der Waals surface area contributed by atoms with Crippen LogP contribution in [0.25, 0.3) is 10.6 Å². The van der Waals surface area contributed by atoms with Gasteiger partial charge in [-0.3, -0.25) is 4.79 Å². The van der Waals surface area contributed by atoms with Crippen molar-refractivity contribution in [2.24, 2.45) is 0 Å². The molecule has 1 amide bonds. The largest absolute Gasteiger partial charge is 0.493 e. The van der Waals surface area contributed by atoms with Gasteiger partial charge < -0.3 is 14.4 Å². The Morgan fingerprint density at radius 2 is 1.82 bits per heavy atom. The van der Waals surface area contributed by atoms with Crippen LogP contribution in [0.2, 0.25) is 0 Å². The third-order valence-electron chi connectivity index (χ3n) is 4.47. The Hall–Kier alpha value is -2.86. The lowest BCUT2D eigenvalue weighted by molar-refractivity contribution is -0.130. The fourth-order valence-corrected chi connectivity index (χ4v) is 3.75. The SMILES string of the molecule is CCN(Cc1ccccc1)C(=O)Cc1csc(-c2ccc(OC)c(OC)c2)n1. The van der Waals surface area contributed by atoms with Gasteiger partial charge in [-0.25, -0.2) is 4.98 Å². The Balaban J connectivity index is 1.70. The molecule has 0 N–H and O–H groups in total. The minimum Gasteiger partial charge on any atom is -0.493 e. The Morgan fingerprint density at radius 1 is 1.07 bits per heavy atom. The fourth-order valence-electron chi connectivity index (χ4n) is 2.94. The van der Waals surface area contributed by atoms with Crippen LogP contribution in [0.5, 0.6) is 11.5 Å². The number of nitrogens with zero attached hydrogens (tertiary/aromatic N) is 2. The van der Waals surface area contributed by atoms with Gasteiger partial charge in [0.2, 0.25) is 5.91 Å². The molecule has 0 aliphatic rings. The van der Waals surface area contributed by atoms with E-state index in [1.807, 2.05) is 65.7 Å². The minimum atomic E-state index is 0.0792. The molecule has 0 saturated heterocycles. The van der Waals surface area contributed by atoms with Crippen molar-refractivity contribution in [3.63, 3.8) is 0 Å². The van der Waals surface area contributed by atoms with Crippen LogP contribution in [0, 0.1) is 0 Å². The average molecular weight is 397 g/mol. The summed E-state index contributed by atoms with van der Waals surface area (Å²) in [7, 11) is 3.22. The van der Waals surface area contributed by atoms with E-state index in [1.54, 1.807) is 14.2 Å². The molecule has 6 heteroatoms. The zero-order valence-corrected chi connectivity index (χ0v) is 17.2. The zero-order chi connectivity index (χ0) is 19.9. The Kier molecular flexibility index (Phi) is 6.66. The van der Waals surface area contributed by atoms with E-state index in [-0.39, 0.29) is 5.91 Å². The molecule has 0 atom stereocenters. The predicted molar refractivity (Wildman–Crippen MR) is 112 cm³/mol. The molecule has 0 aliphatic carbocycles. The number of hydrogen-bond acceptors (Lipinski definition) is 5. The Labute approximate surface area is 169 Å². The van der Waals surface area contributed by atoms with Gasteiger partial charge in [0.05, 0.1) is 26.3 Å². The summed E-state index contributed by atoms with van der Waals surface area (Å²) in [6.07, 6.45) is 0.296. The molecule has 146 valence electrons. The van der Waals surface area contributed by atoms with E-state index in [0.29, 0.717) is 31.0 Å². The highest BCUT2D eigenvalue weighted by molar-refractivity contribution is 7.13. The molecule has 28 heavy (non-hydrogen) atoms. The summed E-state index contributed by atoms with van der Waals surface area (Å²) in [5.74, 6) is 1.42. The van der Waals surface area contributed by atoms with Gasteiger partial charge in [0.15, 0.2) is 11.5 Å². The summed E-state index contributed by atoms with van der Waals surface area (Å²) in [5.41, 5.74) is 2.85. The highest BCUT2D eigenvalue weighted by Crippen LogP contribution is 2.33. The third kappa shape index (κ3) is 4.70. The average Bonchev–Trinajstić information content (AvgIpc) is 3.20. The quantitative estimate of drug-likeness (QED) is 0.566. The first-order valence-corrected chi connectivity index (χ1v) is 10.0. The van der Waals surface area contributed by atoms with Crippen molar-refractivity contribution in [1.29, 1.82) is 0 Å². The smallest absolute Gasteiger partial charge is 0.228 e. The predicted octanol–water partition coefficient (Wildman–Crippen LogP) is 4.42. The number of amides is 1. The summed E-state index contributed by atoms with van der Waals surface area (Å²) >= 11 is 1.52. The van der Waals surface area contributed by atoms with Crippen LogP contribution < -0.4 is 9.47 Å². The zero-order valence-electron chi connectivity index (χ0n) is 16.3. The van der Waals surface area contributed by atoms with Gasteiger partial charge in [-0.1, -0.05) is 30.3 Å². The summed E-state index contributed by atoms with van der Waals surface area (Å²) in [4.78, 5) is 19.2. The number of methoxy groups -OCH3 is 2. The molecule has 0 radical (unpaired) electrons. The number of rotatable bonds is 8. The van der Waals surface area contributed by atoms with Gasteiger partial charge in [0.1, 0.15) is 5.01 Å². The number of carbonyl (C=O) groups is 1. The standard InChI is InChI=1S/C22H24N2O3S/c1-4-24(14-16-8-6-5-7-9-16)21(25)13-18-15-28-22(23-18)17-10-11-19(26-2)20(12-17)27-3/h5-12,15H,4,13-14H2,1-3H3. The molecule has 0 fully saturated rings. The van der Waals surface area contributed by atoms with E-state index in [0.717, 1.165) is 21.8 Å². The lowest BCUT2D eigenvalue weighted by Gasteiger charge is -2.20. The summed E-state index contributed by atoms with van der Waals surface area (Å²) in [6.45, 7) is 3.28. The van der Waals surface area contributed by atoms with Crippen molar-refractivity contribution in [3.8, 4) is 22.1 Å². The van der Waals surface area contributed by atoms with Crippen LogP contribution in [0.15, 0.2) is 53.9 Å². The van der Waals surface area contributed by atoms with Gasteiger partial charge >= 0.3 is 0 Å². The number of aromatic nitrogens is 1. The lowest BCUT2D eigenvalue weighted by Crippen LogP contribution is -2.31. The van der Waals surface area contributed by atoms with Crippen LogP contribution >= 0.6 is 11.3 Å². The number of likely N-dealkylation sites (N-methyl/N-ethyl adjacent to an activating group) is 1. The van der Waals surface area contributed by atoms with Crippen molar-refractivity contribution in [2.75, 3.05) is 20.8 Å². The molecule has 1 heterocycles. The maximum Gasteiger partial charge on any atom is 0.228 e. The number of ether oxygens (including phenoxy) is 2. The third-order valence-corrected chi connectivity index (χ3v) is 5.41. The molecular weight excluding hydrogens is 372 g/mol. The van der Waals surface area contributed by atoms with E-state index < -0.39 is 0 Å². The van der Waals surface area contributed by atoms with Gasteiger partial charge in [0.25, 0.3) is 0 Å². The first-order valence-electron chi connectivity index (χ1n) is 9.13. The molecule has 2 aromatic carbocycles. The minimum absolute atomic E-state index is 0.0792. The maximum absolute atomic E-state index is 12.7. The molecule has 1 aromatic heterocycles. The molecule has 0 spiro atoms. The molecule has 0 aliphatic heterocycles. The van der Waals surface area contributed by atoms with Gasteiger partial charge in [-0.2, -0.15) is 0 Å². The van der Waals surface area contributed by atoms with E-state index in [4.69, 9.17) is 9.47 Å². The fraction of sp³-hybridized carbons (Fsp3) is 0.273. The van der Waals surface area contributed by atoms with Crippen LogP contribution in [-0.2, 0) is 17.8 Å². The normalized spacial score (nSPS) is 10.5. The van der Waals surface area contributed by atoms with Gasteiger partial charge in [-0.15, -0.1) is 11.3 Å². The van der Waals surface area contributed by atoms with E-state index >= 15 is 0 Å². The second kappa shape index (κ2) is 9.37. The van der Waals surface area contributed by atoms with Gasteiger partial charge in [0, 0.05) is 24.0 Å². The molecule has 3 aromatic rings. The van der Waals surface area contributed by atoms with Crippen molar-refractivity contribution >= 4 is 17.2 Å². The molecule has 0 bridgehead atoms. The second-order valence-corrected chi connectivity index (χ2v) is 7.14. The molecule has 5 nitrogen and oxygen atoms in total. The number of hydrogen-bond donors (Lipinski definition) is 0. The summed E-state index contributed by atoms with van der Waals surface area (Å²) < 4.78 is 10.6. The van der Waals surface area contributed by atoms with E-state index in [9.17, 15) is 4.79 Å². The second-order valence-electron chi connectivity index (χ2n) is 6.28. The molecule has 0 saturated carbocycles. The van der Waals surface area contributed by atoms with Crippen molar-refractivity contribution in [2.45, 2.75) is 19.9 Å². The maximum atomic E-state index is 12.7. The van der Waals surface area contributed by atoms with E-state index in [2.05, 4.69) is 4.98 Å². The van der Waals surface area contributed by atoms with Crippen molar-refractivity contribution in [3.05, 3.63) is 65.2 Å². The molecule has 3 rings (SSSR count). The number of carbonyl (C=O) groups excluding carboxylic acids is 1. The van der Waals surface area contributed by atoms with Crippen LogP contribution in [0.1, 0.15) is 18.2 Å². The lowest BCUT2D eigenvalue weighted by atomic mass is 10.2. The Morgan fingerprint density at radius 3 is 2.50 bits per heavy atom. The molecule has 0 unspecified atom stereocenters. The molecular formula is C22H24N2O3S. The van der Waals surface area contributed by atoms with E-state index in [1.165, 1.54) is 11.3 Å². The van der Waals surface area contributed by atoms with Crippen molar-refractivity contribution < 1.29 is 14.3 Å². The summed E-state index contributed by atoms with van der Waals surface area (Å²) in [5, 5.41) is 2.80. The Bertz CT molecular complexity index is 925. The first-order chi connectivity index (χ1) is 13.6. The number of thiazole rings is 1. The van der Waals surface area contributed by atoms with Crippen molar-refractivity contribution in [1.82, 2.24) is 9.88 Å². The van der Waals surface area contributed by atoms with Crippen LogP contribution in [0.3, 0.4) is 0 Å². The summed E-state index contributed by atoms with van der Waals surface area (Å²) in [6, 6.07) is 15.7. The first kappa shape index (κ1) is 19.9. The van der Waals surface area contributed by atoms with Gasteiger partial charge in [-0.05, 0) is 30.7 Å². The van der Waals surface area contributed by atoms with Crippen LogP contribution in [0.4, 0.5) is 0 Å². The topological polar surface area (TPSA) is 51.7 Å². The highest BCUT2D eigenvalue weighted by Gasteiger charge is 2.16. The van der Waals surface area contributed by atoms with Crippen LogP contribution in [-0.4, -0.2) is 36.6 Å².